The van der Waals surface area contributed by atoms with Crippen molar-refractivity contribution in [2.45, 2.75) is 50.9 Å². The fraction of sp³-hybridized carbons (Fsp3) is 0.357. The van der Waals surface area contributed by atoms with Gasteiger partial charge in [-0.3, -0.25) is 0 Å². The van der Waals surface area contributed by atoms with Crippen molar-refractivity contribution < 1.29 is 24.3 Å². The van der Waals surface area contributed by atoms with E-state index in [0.717, 1.165) is 22.3 Å². The molecule has 0 unspecified atom stereocenters. The van der Waals surface area contributed by atoms with E-state index in [1.165, 1.54) is 0 Å². The summed E-state index contributed by atoms with van der Waals surface area (Å²) >= 11 is 0. The summed E-state index contributed by atoms with van der Waals surface area (Å²) in [6.45, 7) is 6.01. The van der Waals surface area contributed by atoms with Crippen molar-refractivity contribution in [3.8, 4) is 17.0 Å². The third-order valence-electron chi connectivity index (χ3n) is 6.61. The zero-order chi connectivity index (χ0) is 24.5. The molecular weight excluding hydrogens is 428 g/mol. The van der Waals surface area contributed by atoms with Crippen LogP contribution in [0.4, 0.5) is 4.79 Å². The number of aliphatic hydroxyl groups is 1. The van der Waals surface area contributed by atoms with Gasteiger partial charge in [0.25, 0.3) is 0 Å². The standard InChI is InChI=1S/C28H32N2O4/c1-20(21-10-12-22(13-11-21)23-14-16-29(4)25(31)18-23)30-17-15-28(34-26(30)32,19-27(2,3)33)24-8-6-5-7-9-24/h5-14,16,18,20,33H,15,17,19H2,1-4H3/p+1/t20-,28-/m0/s1. The Morgan fingerprint density at radius 2 is 1.76 bits per heavy atom. The Morgan fingerprint density at radius 3 is 2.35 bits per heavy atom. The number of carbonyl (C=O) groups excluding carboxylic acids is 1. The number of aromatic hydroxyl groups is 1. The monoisotopic (exact) mass is 461 g/mol. The highest BCUT2D eigenvalue weighted by Crippen LogP contribution is 2.42. The van der Waals surface area contributed by atoms with Crippen molar-refractivity contribution in [3.63, 3.8) is 0 Å². The lowest BCUT2D eigenvalue weighted by Crippen LogP contribution is -2.51. The van der Waals surface area contributed by atoms with Gasteiger partial charge in [-0.25, -0.2) is 4.79 Å². The van der Waals surface area contributed by atoms with Gasteiger partial charge >= 0.3 is 12.0 Å². The molecule has 2 heterocycles. The Morgan fingerprint density at radius 1 is 1.09 bits per heavy atom. The number of hydrogen-bond acceptors (Lipinski definition) is 4. The molecule has 4 rings (SSSR count). The van der Waals surface area contributed by atoms with Gasteiger partial charge in [0.2, 0.25) is 0 Å². The molecule has 6 nitrogen and oxygen atoms in total. The van der Waals surface area contributed by atoms with Crippen LogP contribution in [0.25, 0.3) is 11.1 Å². The highest BCUT2D eigenvalue weighted by Gasteiger charge is 2.46. The maximum absolute atomic E-state index is 13.2. The van der Waals surface area contributed by atoms with E-state index in [9.17, 15) is 15.0 Å². The minimum absolute atomic E-state index is 0.167. The van der Waals surface area contributed by atoms with Crippen molar-refractivity contribution in [1.82, 2.24) is 4.90 Å². The summed E-state index contributed by atoms with van der Waals surface area (Å²) in [6.07, 6.45) is 2.36. The average molecular weight is 462 g/mol. The van der Waals surface area contributed by atoms with Crippen molar-refractivity contribution in [2.75, 3.05) is 6.54 Å². The average Bonchev–Trinajstić information content (AvgIpc) is 2.80. The Labute approximate surface area is 201 Å². The van der Waals surface area contributed by atoms with Crippen molar-refractivity contribution in [1.29, 1.82) is 0 Å². The Kier molecular flexibility index (Phi) is 6.36. The zero-order valence-corrected chi connectivity index (χ0v) is 20.2. The molecule has 2 atom stereocenters. The summed E-state index contributed by atoms with van der Waals surface area (Å²) in [5.41, 5.74) is 1.97. The second-order valence-electron chi connectivity index (χ2n) is 9.84. The fourth-order valence-electron chi connectivity index (χ4n) is 4.76. The smallest absolute Gasteiger partial charge is 0.411 e. The lowest BCUT2D eigenvalue weighted by atomic mass is 9.80. The number of aromatic nitrogens is 1. The minimum atomic E-state index is -0.983. The van der Waals surface area contributed by atoms with Crippen LogP contribution in [-0.4, -0.2) is 33.4 Å². The molecule has 0 bridgehead atoms. The lowest BCUT2D eigenvalue weighted by Gasteiger charge is -2.45. The topological polar surface area (TPSA) is 73.9 Å². The third kappa shape index (κ3) is 4.92. The van der Waals surface area contributed by atoms with Gasteiger partial charge in [-0.15, -0.1) is 0 Å². The zero-order valence-electron chi connectivity index (χ0n) is 20.2. The number of carbonyl (C=O) groups is 1. The summed E-state index contributed by atoms with van der Waals surface area (Å²) in [5.74, 6) is 0.193. The molecule has 34 heavy (non-hydrogen) atoms. The van der Waals surface area contributed by atoms with E-state index in [2.05, 4.69) is 0 Å². The molecule has 1 saturated heterocycles. The Hall–Kier alpha value is -3.38. The van der Waals surface area contributed by atoms with Gasteiger partial charge < -0.3 is 19.8 Å². The van der Waals surface area contributed by atoms with Crippen LogP contribution in [0.15, 0.2) is 72.9 Å². The predicted octanol–water partition coefficient (Wildman–Crippen LogP) is 4.84. The number of nitrogens with zero attached hydrogens (tertiary/aromatic N) is 2. The first kappa shape index (κ1) is 23.8. The van der Waals surface area contributed by atoms with Gasteiger partial charge in [-0.1, -0.05) is 54.6 Å². The van der Waals surface area contributed by atoms with Gasteiger partial charge in [0.15, 0.2) is 6.20 Å². The van der Waals surface area contributed by atoms with Crippen LogP contribution in [0.3, 0.4) is 0 Å². The lowest BCUT2D eigenvalue weighted by molar-refractivity contribution is -0.677. The van der Waals surface area contributed by atoms with Crippen molar-refractivity contribution in [2.24, 2.45) is 7.05 Å². The molecule has 0 spiro atoms. The van der Waals surface area contributed by atoms with Gasteiger partial charge in [0.1, 0.15) is 12.6 Å². The maximum atomic E-state index is 13.2. The molecule has 2 aromatic carbocycles. The number of cyclic esters (lactones) is 1. The third-order valence-corrected chi connectivity index (χ3v) is 6.61. The van der Waals surface area contributed by atoms with E-state index >= 15 is 0 Å². The number of hydrogen-bond donors (Lipinski definition) is 2. The summed E-state index contributed by atoms with van der Waals surface area (Å²) in [4.78, 5) is 15.0. The summed E-state index contributed by atoms with van der Waals surface area (Å²) in [5, 5.41) is 20.6. The highest BCUT2D eigenvalue weighted by atomic mass is 16.6. The van der Waals surface area contributed by atoms with E-state index in [-0.39, 0.29) is 18.0 Å². The summed E-state index contributed by atoms with van der Waals surface area (Å²) < 4.78 is 7.75. The second kappa shape index (κ2) is 9.11. The molecule has 2 N–H and O–H groups in total. The van der Waals surface area contributed by atoms with Crippen LogP contribution in [0.5, 0.6) is 5.88 Å². The van der Waals surface area contributed by atoms with E-state index in [1.54, 1.807) is 36.4 Å². The Balaban J connectivity index is 1.53. The van der Waals surface area contributed by atoms with Gasteiger partial charge in [0.05, 0.1) is 17.7 Å². The highest BCUT2D eigenvalue weighted by molar-refractivity contribution is 5.70. The fourth-order valence-corrected chi connectivity index (χ4v) is 4.76. The van der Waals surface area contributed by atoms with E-state index in [1.807, 2.05) is 73.8 Å². The first-order valence-corrected chi connectivity index (χ1v) is 11.6. The number of ether oxygens (including phenoxy) is 1. The SMILES string of the molecule is C[C@@H](c1ccc(-c2cc[n+](C)c(O)c2)cc1)N1CC[C@](CC(C)(C)O)(c2ccccc2)OC1=O. The van der Waals surface area contributed by atoms with E-state index in [4.69, 9.17) is 4.74 Å². The molecule has 6 heteroatoms. The van der Waals surface area contributed by atoms with E-state index in [0.29, 0.717) is 19.4 Å². The first-order valence-electron chi connectivity index (χ1n) is 11.6. The molecule has 0 radical (unpaired) electrons. The van der Waals surface area contributed by atoms with Crippen LogP contribution in [0, 0.1) is 0 Å². The normalized spacial score (nSPS) is 19.6. The minimum Gasteiger partial charge on any atom is -0.460 e. The maximum Gasteiger partial charge on any atom is 0.411 e. The molecule has 1 aliphatic heterocycles. The molecule has 3 aromatic rings. The molecule has 1 aromatic heterocycles. The largest absolute Gasteiger partial charge is 0.460 e. The molecular formula is C28H33N2O4+. The summed E-state index contributed by atoms with van der Waals surface area (Å²) in [6, 6.07) is 21.2. The van der Waals surface area contributed by atoms with Crippen LogP contribution in [0.1, 0.15) is 50.8 Å². The molecule has 0 aliphatic carbocycles. The van der Waals surface area contributed by atoms with Gasteiger partial charge in [0, 0.05) is 25.5 Å². The number of rotatable bonds is 6. The summed E-state index contributed by atoms with van der Waals surface area (Å²) in [7, 11) is 1.79. The van der Waals surface area contributed by atoms with Gasteiger partial charge in [-0.05, 0) is 43.0 Å². The quantitative estimate of drug-likeness (QED) is 0.515. The number of benzene rings is 2. The van der Waals surface area contributed by atoms with E-state index < -0.39 is 11.2 Å². The van der Waals surface area contributed by atoms with Crippen LogP contribution in [0.2, 0.25) is 0 Å². The van der Waals surface area contributed by atoms with Crippen LogP contribution < -0.4 is 4.57 Å². The molecule has 0 saturated carbocycles. The number of aryl methyl sites for hydroxylation is 1. The molecule has 178 valence electrons. The number of pyridine rings is 1. The van der Waals surface area contributed by atoms with Crippen molar-refractivity contribution in [3.05, 3.63) is 84.1 Å². The van der Waals surface area contributed by atoms with Gasteiger partial charge in [-0.2, -0.15) is 4.57 Å². The molecule has 1 amide bonds. The molecule has 1 aliphatic rings. The predicted molar refractivity (Wildman–Crippen MR) is 130 cm³/mol. The first-order chi connectivity index (χ1) is 16.1. The Bertz CT molecular complexity index is 1160. The van der Waals surface area contributed by atoms with Crippen LogP contribution >= 0.6 is 0 Å². The van der Waals surface area contributed by atoms with Crippen LogP contribution in [-0.2, 0) is 17.4 Å². The molecule has 1 fully saturated rings. The second-order valence-corrected chi connectivity index (χ2v) is 9.84. The number of amides is 1. The van der Waals surface area contributed by atoms with Crippen molar-refractivity contribution >= 4 is 6.09 Å².